The van der Waals surface area contributed by atoms with Gasteiger partial charge in [-0.05, 0) is 41.1 Å². The Morgan fingerprint density at radius 1 is 1.33 bits per heavy atom. The number of hydrogen-bond donors (Lipinski definition) is 1. The van der Waals surface area contributed by atoms with Gasteiger partial charge in [-0.25, -0.2) is 0 Å². The van der Waals surface area contributed by atoms with E-state index in [0.29, 0.717) is 4.99 Å². The van der Waals surface area contributed by atoms with Crippen molar-refractivity contribution in [1.82, 2.24) is 9.80 Å². The Morgan fingerprint density at radius 2 is 1.95 bits per heavy atom. The molecule has 0 spiro atoms. The maximum Gasteiger partial charge on any atom is 0.255 e. The van der Waals surface area contributed by atoms with Crippen molar-refractivity contribution in [1.29, 1.82) is 0 Å². The molecule has 1 amide bonds. The maximum atomic E-state index is 12.6. The van der Waals surface area contributed by atoms with Crippen LogP contribution >= 0.6 is 34.8 Å². The average Bonchev–Trinajstić information content (AvgIpc) is 2.48. The van der Waals surface area contributed by atoms with E-state index in [0.717, 1.165) is 41.7 Å². The van der Waals surface area contributed by atoms with Crippen molar-refractivity contribution < 1.29 is 4.79 Å². The van der Waals surface area contributed by atoms with E-state index < -0.39 is 0 Å². The lowest BCUT2D eigenvalue weighted by atomic mass is 10.1. The highest BCUT2D eigenvalue weighted by Crippen LogP contribution is 2.16. The molecule has 1 saturated heterocycles. The highest BCUT2D eigenvalue weighted by Gasteiger charge is 2.27. The van der Waals surface area contributed by atoms with Crippen LogP contribution in [0.25, 0.3) is 0 Å². The molecular weight excluding hydrogens is 397 g/mol. The first kappa shape index (κ1) is 16.6. The molecule has 0 radical (unpaired) electrons. The molecule has 1 aromatic carbocycles. The number of hydrogen-bond acceptors (Lipinski definition) is 3. The Kier molecular flexibility index (Phi) is 5.95. The second kappa shape index (κ2) is 7.51. The molecule has 0 bridgehead atoms. The van der Waals surface area contributed by atoms with Gasteiger partial charge in [-0.15, -0.1) is 0 Å². The lowest BCUT2D eigenvalue weighted by Crippen LogP contribution is -2.54. The van der Waals surface area contributed by atoms with Gasteiger partial charge in [0.2, 0.25) is 0 Å². The van der Waals surface area contributed by atoms with Gasteiger partial charge in [-0.1, -0.05) is 31.3 Å². The van der Waals surface area contributed by atoms with E-state index in [-0.39, 0.29) is 11.9 Å². The van der Waals surface area contributed by atoms with E-state index in [4.69, 9.17) is 18.0 Å². The Labute approximate surface area is 144 Å². The van der Waals surface area contributed by atoms with Crippen molar-refractivity contribution in [2.75, 3.05) is 26.2 Å². The molecule has 21 heavy (non-hydrogen) atoms. The Balaban J connectivity index is 2.00. The molecular formula is C15H20IN3OS. The zero-order chi connectivity index (χ0) is 15.4. The summed E-state index contributed by atoms with van der Waals surface area (Å²) in [5.41, 5.74) is 6.58. The SMILES string of the molecule is CCC(C(N)=S)N1CCN(C(=O)c2ccccc2I)CC1. The van der Waals surface area contributed by atoms with Crippen molar-refractivity contribution in [3.05, 3.63) is 33.4 Å². The lowest BCUT2D eigenvalue weighted by Gasteiger charge is -2.38. The molecule has 114 valence electrons. The number of carbonyl (C=O) groups excluding carboxylic acids is 1. The van der Waals surface area contributed by atoms with Gasteiger partial charge in [0.25, 0.3) is 5.91 Å². The van der Waals surface area contributed by atoms with Gasteiger partial charge in [-0.3, -0.25) is 9.69 Å². The smallest absolute Gasteiger partial charge is 0.255 e. The molecule has 0 aromatic heterocycles. The number of rotatable bonds is 4. The molecule has 1 heterocycles. The molecule has 1 fully saturated rings. The minimum atomic E-state index is 0.114. The van der Waals surface area contributed by atoms with Crippen LogP contribution in [0.3, 0.4) is 0 Å². The maximum absolute atomic E-state index is 12.6. The van der Waals surface area contributed by atoms with Gasteiger partial charge in [0.1, 0.15) is 0 Å². The van der Waals surface area contributed by atoms with Crippen molar-refractivity contribution in [2.24, 2.45) is 5.73 Å². The van der Waals surface area contributed by atoms with Gasteiger partial charge in [0, 0.05) is 29.7 Å². The molecule has 1 aliphatic heterocycles. The van der Waals surface area contributed by atoms with Gasteiger partial charge < -0.3 is 10.6 Å². The fourth-order valence-corrected chi connectivity index (χ4v) is 3.61. The second-order valence-electron chi connectivity index (χ2n) is 5.13. The van der Waals surface area contributed by atoms with Crippen LogP contribution in [0.4, 0.5) is 0 Å². The summed E-state index contributed by atoms with van der Waals surface area (Å²) < 4.78 is 0.997. The van der Waals surface area contributed by atoms with Crippen LogP contribution in [0.1, 0.15) is 23.7 Å². The lowest BCUT2D eigenvalue weighted by molar-refractivity contribution is 0.0611. The predicted molar refractivity (Wildman–Crippen MR) is 97.5 cm³/mol. The number of halogens is 1. The Morgan fingerprint density at radius 3 is 2.48 bits per heavy atom. The molecule has 2 rings (SSSR count). The van der Waals surface area contributed by atoms with Gasteiger partial charge >= 0.3 is 0 Å². The zero-order valence-electron chi connectivity index (χ0n) is 12.1. The monoisotopic (exact) mass is 417 g/mol. The predicted octanol–water partition coefficient (Wildman–Crippen LogP) is 2.11. The van der Waals surface area contributed by atoms with E-state index in [1.807, 2.05) is 29.2 Å². The molecule has 0 aliphatic carbocycles. The fourth-order valence-electron chi connectivity index (χ4n) is 2.68. The molecule has 1 aromatic rings. The summed E-state index contributed by atoms with van der Waals surface area (Å²) in [5.74, 6) is 0.114. The molecule has 2 N–H and O–H groups in total. The van der Waals surface area contributed by atoms with Gasteiger partial charge in [0.15, 0.2) is 0 Å². The summed E-state index contributed by atoms with van der Waals surface area (Å²) in [7, 11) is 0. The van der Waals surface area contributed by atoms with Crippen molar-refractivity contribution in [3.8, 4) is 0 Å². The highest BCUT2D eigenvalue weighted by molar-refractivity contribution is 14.1. The van der Waals surface area contributed by atoms with E-state index in [1.54, 1.807) is 0 Å². The van der Waals surface area contributed by atoms with Crippen LogP contribution in [0.15, 0.2) is 24.3 Å². The van der Waals surface area contributed by atoms with E-state index >= 15 is 0 Å². The van der Waals surface area contributed by atoms with Crippen LogP contribution < -0.4 is 5.73 Å². The summed E-state index contributed by atoms with van der Waals surface area (Å²) in [5, 5.41) is 0. The molecule has 1 unspecified atom stereocenters. The molecule has 1 aliphatic rings. The van der Waals surface area contributed by atoms with E-state index in [1.165, 1.54) is 0 Å². The summed E-state index contributed by atoms with van der Waals surface area (Å²) >= 11 is 7.34. The zero-order valence-corrected chi connectivity index (χ0v) is 15.1. The number of nitrogens with two attached hydrogens (primary N) is 1. The van der Waals surface area contributed by atoms with Crippen LogP contribution in [0.2, 0.25) is 0 Å². The standard InChI is InChI=1S/C15H20IN3OS/c1-2-13(14(17)21)18-7-9-19(10-8-18)15(20)11-5-3-4-6-12(11)16/h3-6,13H,2,7-10H2,1H3,(H2,17,21). The largest absolute Gasteiger partial charge is 0.392 e. The number of thiocarbonyl (C=S) groups is 1. The second-order valence-corrected chi connectivity index (χ2v) is 6.77. The molecule has 4 nitrogen and oxygen atoms in total. The van der Waals surface area contributed by atoms with Crippen molar-refractivity contribution in [3.63, 3.8) is 0 Å². The van der Waals surface area contributed by atoms with Crippen LogP contribution in [0.5, 0.6) is 0 Å². The minimum absolute atomic E-state index is 0.114. The van der Waals surface area contributed by atoms with E-state index in [2.05, 4.69) is 34.4 Å². The first-order valence-electron chi connectivity index (χ1n) is 7.11. The molecule has 0 saturated carbocycles. The summed E-state index contributed by atoms with van der Waals surface area (Å²) in [6, 6.07) is 7.86. The van der Waals surface area contributed by atoms with E-state index in [9.17, 15) is 4.79 Å². The van der Waals surface area contributed by atoms with Gasteiger partial charge in [-0.2, -0.15) is 0 Å². The Bertz CT molecular complexity index is 529. The first-order chi connectivity index (χ1) is 10.0. The third-order valence-corrected chi connectivity index (χ3v) is 5.07. The third-order valence-electron chi connectivity index (χ3n) is 3.86. The average molecular weight is 417 g/mol. The van der Waals surface area contributed by atoms with Crippen LogP contribution in [0, 0.1) is 3.57 Å². The Hall–Kier alpha value is -0.730. The first-order valence-corrected chi connectivity index (χ1v) is 8.60. The summed E-state index contributed by atoms with van der Waals surface area (Å²) in [6.07, 6.45) is 0.917. The third kappa shape index (κ3) is 3.92. The normalized spacial score (nSPS) is 17.5. The van der Waals surface area contributed by atoms with Crippen molar-refractivity contribution >= 4 is 45.7 Å². The quantitative estimate of drug-likeness (QED) is 0.603. The number of piperazine rings is 1. The van der Waals surface area contributed by atoms with Crippen molar-refractivity contribution in [2.45, 2.75) is 19.4 Å². The highest BCUT2D eigenvalue weighted by atomic mass is 127. The fraction of sp³-hybridized carbons (Fsp3) is 0.467. The van der Waals surface area contributed by atoms with Crippen LogP contribution in [-0.4, -0.2) is 52.9 Å². The number of nitrogens with zero attached hydrogens (tertiary/aromatic N) is 2. The molecule has 1 atom stereocenters. The van der Waals surface area contributed by atoms with Crippen LogP contribution in [-0.2, 0) is 0 Å². The topological polar surface area (TPSA) is 49.6 Å². The summed E-state index contributed by atoms with van der Waals surface area (Å²) in [4.78, 5) is 17.3. The summed E-state index contributed by atoms with van der Waals surface area (Å²) in [6.45, 7) is 5.19. The number of amides is 1. The number of carbonyl (C=O) groups is 1. The molecule has 6 heteroatoms. The van der Waals surface area contributed by atoms with Gasteiger partial charge in [0.05, 0.1) is 16.6 Å². The minimum Gasteiger partial charge on any atom is -0.392 e. The number of benzene rings is 1.